The molecule has 1 aliphatic heterocycles. The van der Waals surface area contributed by atoms with Gasteiger partial charge in [-0.1, -0.05) is 47.5 Å². The minimum atomic E-state index is -1.57. The summed E-state index contributed by atoms with van der Waals surface area (Å²) in [7, 11) is 0.948. The highest BCUT2D eigenvalue weighted by molar-refractivity contribution is 6.42. The van der Waals surface area contributed by atoms with E-state index in [0.717, 1.165) is 16.9 Å². The third kappa shape index (κ3) is 8.97. The van der Waals surface area contributed by atoms with E-state index in [9.17, 15) is 28.0 Å². The predicted molar refractivity (Wildman–Crippen MR) is 171 cm³/mol. The van der Waals surface area contributed by atoms with Crippen LogP contribution in [-0.4, -0.2) is 79.4 Å². The zero-order chi connectivity index (χ0) is 35.0. The molecule has 4 amide bonds. The largest absolute Gasteiger partial charge is 0.491 e. The fourth-order valence-electron chi connectivity index (χ4n) is 5.09. The van der Waals surface area contributed by atoms with E-state index in [1.807, 2.05) is 0 Å². The van der Waals surface area contributed by atoms with E-state index in [-0.39, 0.29) is 41.7 Å². The van der Waals surface area contributed by atoms with Crippen LogP contribution in [0.1, 0.15) is 34.0 Å². The molecule has 1 heterocycles. The molecule has 1 atom stereocenters. The van der Waals surface area contributed by atoms with Gasteiger partial charge in [-0.05, 0) is 42.3 Å². The molecule has 15 heteroatoms. The lowest BCUT2D eigenvalue weighted by atomic mass is 10.0. The Bertz CT molecular complexity index is 1700. The van der Waals surface area contributed by atoms with Crippen molar-refractivity contribution in [3.63, 3.8) is 0 Å². The first kappa shape index (κ1) is 36.5. The predicted octanol–water partition coefficient (Wildman–Crippen LogP) is 4.28. The Morgan fingerprint density at radius 2 is 1.69 bits per heavy atom. The summed E-state index contributed by atoms with van der Waals surface area (Å²) in [4.78, 5) is 56.8. The summed E-state index contributed by atoms with van der Waals surface area (Å²) >= 11 is 12.3. The number of nitrogens with zero attached hydrogens (tertiary/aromatic N) is 2. The standard InChI is InChI=1S/C33H33Cl2F3N4O6/c1-3-48-11-10-41-17-27(43)39-15-20-6-4-5-7-22(20)32(45)40-26(13-19-8-9-23(34)24(35)12-19)33(46)42(18-28(41)44)16-21-14-25(36)30(38)31(47-2)29(21)37/h4-9,12,14,26H,3,10-11,13,15-18H2,1-2H3,(H,39,43)(H,40,45)/t26-/m0/s1. The first-order chi connectivity index (χ1) is 22.9. The lowest BCUT2D eigenvalue weighted by Crippen LogP contribution is -2.53. The number of hydrogen-bond donors (Lipinski definition) is 2. The molecular formula is C33H33Cl2F3N4O6. The Morgan fingerprint density at radius 3 is 2.40 bits per heavy atom. The molecule has 0 bridgehead atoms. The minimum absolute atomic E-state index is 0.0322. The van der Waals surface area contributed by atoms with Crippen LogP contribution in [0.3, 0.4) is 0 Å². The monoisotopic (exact) mass is 708 g/mol. The van der Waals surface area contributed by atoms with Crippen molar-refractivity contribution >= 4 is 46.8 Å². The average molecular weight is 710 g/mol. The lowest BCUT2D eigenvalue weighted by Gasteiger charge is -2.31. The molecule has 3 aromatic rings. The second kappa shape index (κ2) is 16.7. The van der Waals surface area contributed by atoms with Crippen molar-refractivity contribution in [2.24, 2.45) is 0 Å². The number of benzene rings is 3. The molecule has 0 aromatic heterocycles. The maximum Gasteiger partial charge on any atom is 0.252 e. The summed E-state index contributed by atoms with van der Waals surface area (Å²) in [6.07, 6.45) is -0.150. The van der Waals surface area contributed by atoms with Gasteiger partial charge in [0.15, 0.2) is 17.4 Å². The van der Waals surface area contributed by atoms with Gasteiger partial charge in [0, 0.05) is 43.8 Å². The molecule has 10 nitrogen and oxygen atoms in total. The molecule has 2 N–H and O–H groups in total. The van der Waals surface area contributed by atoms with Crippen molar-refractivity contribution in [2.75, 3.05) is 40.0 Å². The summed E-state index contributed by atoms with van der Waals surface area (Å²) in [6, 6.07) is 10.2. The summed E-state index contributed by atoms with van der Waals surface area (Å²) in [5.74, 6) is -8.16. The van der Waals surface area contributed by atoms with Gasteiger partial charge in [0.2, 0.25) is 23.5 Å². The van der Waals surface area contributed by atoms with Gasteiger partial charge in [0.25, 0.3) is 5.91 Å². The number of rotatable bonds is 9. The molecule has 4 rings (SSSR count). The SMILES string of the molecule is CCOCCN1CC(=O)NCc2ccccc2C(=O)N[C@@H](Cc2ccc(Cl)c(Cl)c2)C(=O)N(Cc2cc(F)c(F)c(OC)c2F)CC1=O. The highest BCUT2D eigenvalue weighted by Gasteiger charge is 2.32. The second-order valence-corrected chi connectivity index (χ2v) is 11.6. The number of methoxy groups -OCH3 is 1. The number of fused-ring (bicyclic) bond motifs is 1. The van der Waals surface area contributed by atoms with Crippen molar-refractivity contribution in [1.82, 2.24) is 20.4 Å². The molecule has 1 aliphatic rings. The summed E-state index contributed by atoms with van der Waals surface area (Å²) in [5.41, 5.74) is 0.571. The number of carbonyl (C=O) groups excluding carboxylic acids is 4. The molecule has 3 aromatic carbocycles. The van der Waals surface area contributed by atoms with Gasteiger partial charge in [-0.2, -0.15) is 4.39 Å². The Labute approximate surface area is 285 Å². The van der Waals surface area contributed by atoms with Gasteiger partial charge in [0.05, 0.1) is 30.3 Å². The van der Waals surface area contributed by atoms with E-state index in [2.05, 4.69) is 10.6 Å². The summed E-state index contributed by atoms with van der Waals surface area (Å²) in [5, 5.41) is 5.83. The Hall–Kier alpha value is -4.33. The third-order valence-corrected chi connectivity index (χ3v) is 8.30. The topological polar surface area (TPSA) is 117 Å². The van der Waals surface area contributed by atoms with E-state index in [1.165, 1.54) is 18.2 Å². The highest BCUT2D eigenvalue weighted by Crippen LogP contribution is 2.28. The van der Waals surface area contributed by atoms with Crippen molar-refractivity contribution in [3.8, 4) is 5.75 Å². The number of halogens is 5. The quantitative estimate of drug-likeness (QED) is 0.253. The van der Waals surface area contributed by atoms with Crippen LogP contribution in [0.15, 0.2) is 48.5 Å². The first-order valence-electron chi connectivity index (χ1n) is 14.9. The zero-order valence-electron chi connectivity index (χ0n) is 26.1. The van der Waals surface area contributed by atoms with E-state index < -0.39 is 78.1 Å². The average Bonchev–Trinajstić information content (AvgIpc) is 3.06. The van der Waals surface area contributed by atoms with Crippen molar-refractivity contribution < 1.29 is 41.8 Å². The van der Waals surface area contributed by atoms with Gasteiger partial charge in [-0.3, -0.25) is 19.2 Å². The maximum atomic E-state index is 15.4. The smallest absolute Gasteiger partial charge is 0.252 e. The molecule has 256 valence electrons. The molecule has 0 spiro atoms. The van der Waals surface area contributed by atoms with Crippen LogP contribution in [0.2, 0.25) is 10.0 Å². The van der Waals surface area contributed by atoms with Crippen molar-refractivity contribution in [2.45, 2.75) is 32.5 Å². The van der Waals surface area contributed by atoms with E-state index in [0.29, 0.717) is 23.8 Å². The fourth-order valence-corrected chi connectivity index (χ4v) is 5.41. The molecule has 48 heavy (non-hydrogen) atoms. The minimum Gasteiger partial charge on any atom is -0.491 e. The molecule has 0 saturated carbocycles. The van der Waals surface area contributed by atoms with Crippen LogP contribution in [0.5, 0.6) is 5.75 Å². The van der Waals surface area contributed by atoms with Crippen LogP contribution in [0.25, 0.3) is 0 Å². The zero-order valence-corrected chi connectivity index (χ0v) is 27.6. The van der Waals surface area contributed by atoms with E-state index in [4.69, 9.17) is 32.7 Å². The molecule has 0 saturated heterocycles. The molecule has 0 aliphatic carbocycles. The van der Waals surface area contributed by atoms with E-state index >= 15 is 4.39 Å². The third-order valence-electron chi connectivity index (χ3n) is 7.56. The van der Waals surface area contributed by atoms with Gasteiger partial charge in [-0.15, -0.1) is 0 Å². The van der Waals surface area contributed by atoms with Crippen molar-refractivity contribution in [1.29, 1.82) is 0 Å². The van der Waals surface area contributed by atoms with Crippen molar-refractivity contribution in [3.05, 3.63) is 98.3 Å². The normalized spacial score (nSPS) is 16.3. The number of amides is 4. The number of ether oxygens (including phenoxy) is 2. The molecule has 0 fully saturated rings. The number of carbonyl (C=O) groups is 4. The summed E-state index contributed by atoms with van der Waals surface area (Å²) < 4.78 is 54.3. The van der Waals surface area contributed by atoms with Gasteiger partial charge >= 0.3 is 0 Å². The highest BCUT2D eigenvalue weighted by atomic mass is 35.5. The molecule has 0 radical (unpaired) electrons. The number of nitrogens with one attached hydrogen (secondary N) is 2. The fraction of sp³-hybridized carbons (Fsp3) is 0.333. The lowest BCUT2D eigenvalue weighted by molar-refractivity contribution is -0.144. The van der Waals surface area contributed by atoms with Gasteiger partial charge in [-0.25, -0.2) is 8.78 Å². The Kier molecular flexibility index (Phi) is 12.7. The molecular weight excluding hydrogens is 676 g/mol. The Morgan fingerprint density at radius 1 is 0.938 bits per heavy atom. The second-order valence-electron chi connectivity index (χ2n) is 10.8. The Balaban J connectivity index is 1.83. The van der Waals surface area contributed by atoms with Crippen LogP contribution in [-0.2, 0) is 38.6 Å². The maximum absolute atomic E-state index is 15.4. The van der Waals surface area contributed by atoms with Crippen LogP contribution < -0.4 is 15.4 Å². The van der Waals surface area contributed by atoms with Crippen LogP contribution in [0, 0.1) is 17.5 Å². The van der Waals surface area contributed by atoms with E-state index in [1.54, 1.807) is 31.2 Å². The number of hydrogen-bond acceptors (Lipinski definition) is 6. The first-order valence-corrected chi connectivity index (χ1v) is 15.6. The van der Waals surface area contributed by atoms with Gasteiger partial charge in [0.1, 0.15) is 12.6 Å². The van der Waals surface area contributed by atoms with Crippen LogP contribution >= 0.6 is 23.2 Å². The summed E-state index contributed by atoms with van der Waals surface area (Å²) in [6.45, 7) is 0.175. The molecule has 0 unspecified atom stereocenters. The van der Waals surface area contributed by atoms with Gasteiger partial charge < -0.3 is 29.9 Å². The van der Waals surface area contributed by atoms with Crippen LogP contribution in [0.4, 0.5) is 13.2 Å².